The Bertz CT molecular complexity index is 554. The topological polar surface area (TPSA) is 55.8 Å². The van der Waals surface area contributed by atoms with Crippen LogP contribution in [0, 0.1) is 5.82 Å². The van der Waals surface area contributed by atoms with Gasteiger partial charge in [-0.3, -0.25) is 4.79 Å². The predicted molar refractivity (Wildman–Crippen MR) is 68.3 cm³/mol. The molecule has 0 bridgehead atoms. The maximum absolute atomic E-state index is 14.4. The molecule has 1 aliphatic carbocycles. The van der Waals surface area contributed by atoms with Crippen molar-refractivity contribution in [3.05, 3.63) is 21.9 Å². The molecule has 3 rings (SSSR count). The monoisotopic (exact) mass is 330 g/mol. The number of aliphatic carboxylic acids is 1. The third-order valence-electron chi connectivity index (χ3n) is 3.82. The van der Waals surface area contributed by atoms with Crippen LogP contribution in [0.3, 0.4) is 0 Å². The zero-order valence-electron chi connectivity index (χ0n) is 10.0. The van der Waals surface area contributed by atoms with Crippen molar-refractivity contribution in [3.8, 4) is 11.5 Å². The Morgan fingerprint density at radius 3 is 2.63 bits per heavy atom. The van der Waals surface area contributed by atoms with Crippen molar-refractivity contribution < 1.29 is 23.8 Å². The first-order valence-corrected chi connectivity index (χ1v) is 6.87. The van der Waals surface area contributed by atoms with E-state index in [-0.39, 0.29) is 15.8 Å². The molecule has 6 heteroatoms. The molecular weight excluding hydrogens is 319 g/mol. The number of ether oxygens (including phenoxy) is 2. The lowest BCUT2D eigenvalue weighted by Gasteiger charge is -2.40. The fraction of sp³-hybridized carbons (Fsp3) is 0.462. The second-order valence-electron chi connectivity index (χ2n) is 4.81. The lowest BCUT2D eigenvalue weighted by Crippen LogP contribution is -2.43. The maximum atomic E-state index is 14.4. The number of hydrogen-bond donors (Lipinski definition) is 1. The number of carbonyl (C=O) groups is 1. The second-order valence-corrected chi connectivity index (χ2v) is 5.67. The first-order chi connectivity index (χ1) is 9.06. The van der Waals surface area contributed by atoms with Gasteiger partial charge >= 0.3 is 5.97 Å². The minimum absolute atomic E-state index is 0.121. The molecule has 1 saturated carbocycles. The summed E-state index contributed by atoms with van der Waals surface area (Å²) in [5.74, 6) is -0.922. The fourth-order valence-corrected chi connectivity index (χ4v) is 3.07. The van der Waals surface area contributed by atoms with E-state index in [4.69, 9.17) is 9.47 Å². The summed E-state index contributed by atoms with van der Waals surface area (Å²) >= 11 is 3.12. The van der Waals surface area contributed by atoms with Gasteiger partial charge in [-0.25, -0.2) is 4.39 Å². The number of benzene rings is 1. The van der Waals surface area contributed by atoms with Crippen molar-refractivity contribution in [1.82, 2.24) is 0 Å². The molecule has 0 amide bonds. The standard InChI is InChI=1S/C13H12BrFO4/c14-7-6-8-11(19-5-4-18-8)9(10(7)15)13(12(16)17)2-1-3-13/h6H,1-5H2,(H,16,17). The van der Waals surface area contributed by atoms with Crippen LogP contribution in [0.25, 0.3) is 0 Å². The number of rotatable bonds is 2. The Kier molecular flexibility index (Phi) is 2.92. The van der Waals surface area contributed by atoms with Crippen molar-refractivity contribution in [2.45, 2.75) is 24.7 Å². The number of hydrogen-bond acceptors (Lipinski definition) is 3. The van der Waals surface area contributed by atoms with Crippen LogP contribution in [0.15, 0.2) is 10.5 Å². The number of carboxylic acids is 1. The van der Waals surface area contributed by atoms with Crippen molar-refractivity contribution in [1.29, 1.82) is 0 Å². The Morgan fingerprint density at radius 1 is 1.37 bits per heavy atom. The summed E-state index contributed by atoms with van der Waals surface area (Å²) in [4.78, 5) is 11.6. The lowest BCUT2D eigenvalue weighted by molar-refractivity contribution is -0.147. The van der Waals surface area contributed by atoms with Gasteiger partial charge in [0.15, 0.2) is 11.5 Å². The molecule has 102 valence electrons. The molecule has 19 heavy (non-hydrogen) atoms. The SMILES string of the molecule is O=C(O)C1(c2c(F)c(Br)cc3c2OCCO3)CCC1. The highest BCUT2D eigenvalue weighted by atomic mass is 79.9. The highest BCUT2D eigenvalue weighted by molar-refractivity contribution is 9.10. The van der Waals surface area contributed by atoms with Crippen molar-refractivity contribution in [2.75, 3.05) is 13.2 Å². The van der Waals surface area contributed by atoms with Gasteiger partial charge in [-0.15, -0.1) is 0 Å². The van der Waals surface area contributed by atoms with Gasteiger partial charge in [-0.05, 0) is 28.8 Å². The van der Waals surface area contributed by atoms with E-state index in [1.54, 1.807) is 0 Å². The summed E-state index contributed by atoms with van der Waals surface area (Å²) in [6.07, 6.45) is 1.62. The summed E-state index contributed by atoms with van der Waals surface area (Å²) < 4.78 is 25.5. The van der Waals surface area contributed by atoms with Gasteiger partial charge in [-0.2, -0.15) is 0 Å². The highest BCUT2D eigenvalue weighted by Gasteiger charge is 2.51. The molecule has 1 aliphatic heterocycles. The van der Waals surface area contributed by atoms with Crippen LogP contribution in [0.5, 0.6) is 11.5 Å². The van der Waals surface area contributed by atoms with Crippen LogP contribution in [-0.2, 0) is 10.2 Å². The van der Waals surface area contributed by atoms with Crippen LogP contribution < -0.4 is 9.47 Å². The third kappa shape index (κ3) is 1.73. The molecule has 1 N–H and O–H groups in total. The first kappa shape index (κ1) is 12.7. The van der Waals surface area contributed by atoms with Crippen LogP contribution in [0.2, 0.25) is 0 Å². The van der Waals surface area contributed by atoms with E-state index in [1.807, 2.05) is 0 Å². The summed E-state index contributed by atoms with van der Waals surface area (Å²) in [5, 5.41) is 9.48. The zero-order chi connectivity index (χ0) is 13.6. The third-order valence-corrected chi connectivity index (χ3v) is 4.40. The molecule has 0 spiro atoms. The van der Waals surface area contributed by atoms with Crippen molar-refractivity contribution >= 4 is 21.9 Å². The average molecular weight is 331 g/mol. The molecule has 1 aromatic rings. The summed E-state index contributed by atoms with van der Waals surface area (Å²) in [6.45, 7) is 0.682. The minimum Gasteiger partial charge on any atom is -0.486 e. The summed E-state index contributed by atoms with van der Waals surface area (Å²) in [6, 6.07) is 1.49. The van der Waals surface area contributed by atoms with Crippen LogP contribution in [0.4, 0.5) is 4.39 Å². The van der Waals surface area contributed by atoms with Gasteiger partial charge in [0.05, 0.1) is 15.5 Å². The number of carboxylic acid groups (broad SMARTS) is 1. The average Bonchev–Trinajstić information content (AvgIpc) is 2.32. The maximum Gasteiger partial charge on any atom is 0.314 e. The van der Waals surface area contributed by atoms with Gasteiger partial charge in [0, 0.05) is 6.07 Å². The van der Waals surface area contributed by atoms with Crippen molar-refractivity contribution in [2.24, 2.45) is 0 Å². The van der Waals surface area contributed by atoms with Crippen molar-refractivity contribution in [3.63, 3.8) is 0 Å². The van der Waals surface area contributed by atoms with E-state index in [9.17, 15) is 14.3 Å². The molecule has 4 nitrogen and oxygen atoms in total. The smallest absolute Gasteiger partial charge is 0.314 e. The Hall–Kier alpha value is -1.30. The van der Waals surface area contributed by atoms with E-state index >= 15 is 0 Å². The fourth-order valence-electron chi connectivity index (χ4n) is 2.66. The zero-order valence-corrected chi connectivity index (χ0v) is 11.6. The highest BCUT2D eigenvalue weighted by Crippen LogP contribution is 2.52. The normalized spacial score (nSPS) is 19.7. The molecule has 0 radical (unpaired) electrons. The van der Waals surface area contributed by atoms with Gasteiger partial charge in [-0.1, -0.05) is 6.42 Å². The van der Waals surface area contributed by atoms with E-state index in [1.165, 1.54) is 6.07 Å². The molecule has 0 saturated heterocycles. The van der Waals surface area contributed by atoms with Gasteiger partial charge in [0.2, 0.25) is 0 Å². The van der Waals surface area contributed by atoms with Gasteiger partial charge in [0.25, 0.3) is 0 Å². The summed E-state index contributed by atoms with van der Waals surface area (Å²) in [5.41, 5.74) is -1.06. The number of fused-ring (bicyclic) bond motifs is 1. The quantitative estimate of drug-likeness (QED) is 0.905. The van der Waals surface area contributed by atoms with Crippen LogP contribution in [0.1, 0.15) is 24.8 Å². The first-order valence-electron chi connectivity index (χ1n) is 6.08. The molecule has 1 aromatic carbocycles. The minimum atomic E-state index is -1.18. The van der Waals surface area contributed by atoms with E-state index < -0.39 is 17.2 Å². The Morgan fingerprint density at radius 2 is 2.05 bits per heavy atom. The number of halogens is 2. The molecular formula is C13H12BrFO4. The predicted octanol–water partition coefficient (Wildman–Crippen LogP) is 2.87. The molecule has 0 aromatic heterocycles. The Labute approximate surface area is 117 Å². The van der Waals surface area contributed by atoms with E-state index in [2.05, 4.69) is 15.9 Å². The Balaban J connectivity index is 2.24. The van der Waals surface area contributed by atoms with Crippen LogP contribution >= 0.6 is 15.9 Å². The van der Waals surface area contributed by atoms with E-state index in [0.29, 0.717) is 31.8 Å². The largest absolute Gasteiger partial charge is 0.486 e. The molecule has 0 unspecified atom stereocenters. The molecule has 2 aliphatic rings. The second kappa shape index (κ2) is 4.37. The van der Waals surface area contributed by atoms with Gasteiger partial charge in [0.1, 0.15) is 19.0 Å². The van der Waals surface area contributed by atoms with E-state index in [0.717, 1.165) is 6.42 Å². The lowest BCUT2D eigenvalue weighted by atomic mass is 9.64. The molecule has 1 heterocycles. The van der Waals surface area contributed by atoms with Gasteiger partial charge < -0.3 is 14.6 Å². The van der Waals surface area contributed by atoms with Crippen LogP contribution in [-0.4, -0.2) is 24.3 Å². The summed E-state index contributed by atoms with van der Waals surface area (Å²) in [7, 11) is 0. The molecule has 0 atom stereocenters. The molecule has 1 fully saturated rings.